The van der Waals surface area contributed by atoms with E-state index in [1.807, 2.05) is 27.9 Å². The number of hydrogen-bond donors (Lipinski definition) is 0. The van der Waals surface area contributed by atoms with Gasteiger partial charge in [-0.1, -0.05) is 23.8 Å². The molecular formula is C18H17N3OS. The Balaban J connectivity index is 1.61. The van der Waals surface area contributed by atoms with Crippen LogP contribution in [-0.2, 0) is 13.1 Å². The third-order valence-corrected chi connectivity index (χ3v) is 4.92. The van der Waals surface area contributed by atoms with E-state index in [0.29, 0.717) is 6.54 Å². The number of nitrogens with zero attached hydrogens (tertiary/aromatic N) is 3. The zero-order valence-corrected chi connectivity index (χ0v) is 13.7. The van der Waals surface area contributed by atoms with Crippen LogP contribution in [0, 0.1) is 6.92 Å². The number of carbonyl (C=O) groups is 1. The lowest BCUT2D eigenvalue weighted by Crippen LogP contribution is -2.38. The predicted octanol–water partition coefficient (Wildman–Crippen LogP) is 3.58. The number of carbonyl (C=O) groups excluding carboxylic acids is 1. The van der Waals surface area contributed by atoms with Gasteiger partial charge in [-0.25, -0.2) is 4.98 Å². The third-order valence-electron chi connectivity index (χ3n) is 4.23. The molecule has 0 atom stereocenters. The molecule has 1 aromatic carbocycles. The lowest BCUT2D eigenvalue weighted by atomic mass is 10.1. The average Bonchev–Trinajstić information content (AvgIpc) is 3.23. The van der Waals surface area contributed by atoms with Crippen LogP contribution in [0.15, 0.2) is 47.3 Å². The lowest BCUT2D eigenvalue weighted by Gasteiger charge is -2.28. The van der Waals surface area contributed by atoms with Gasteiger partial charge in [0.1, 0.15) is 5.82 Å². The Morgan fingerprint density at radius 1 is 1.26 bits per heavy atom. The molecule has 0 N–H and O–H groups in total. The van der Waals surface area contributed by atoms with Crippen molar-refractivity contribution >= 4 is 17.2 Å². The van der Waals surface area contributed by atoms with E-state index in [1.54, 1.807) is 11.3 Å². The number of rotatable bonds is 2. The quantitative estimate of drug-likeness (QED) is 0.723. The number of amides is 1. The van der Waals surface area contributed by atoms with Crippen molar-refractivity contribution in [3.05, 3.63) is 64.2 Å². The van der Waals surface area contributed by atoms with E-state index < -0.39 is 0 Å². The molecule has 4 rings (SSSR count). The SMILES string of the molecule is Cc1cccc(-c2cnc3n2CCN(C(=O)c2ccsc2)C3)c1. The second-order valence-electron chi connectivity index (χ2n) is 5.82. The van der Waals surface area contributed by atoms with Crippen LogP contribution in [0.5, 0.6) is 0 Å². The number of benzene rings is 1. The summed E-state index contributed by atoms with van der Waals surface area (Å²) in [6.07, 6.45) is 1.92. The molecule has 4 nitrogen and oxygen atoms in total. The van der Waals surface area contributed by atoms with Gasteiger partial charge >= 0.3 is 0 Å². The van der Waals surface area contributed by atoms with E-state index in [9.17, 15) is 4.79 Å². The highest BCUT2D eigenvalue weighted by atomic mass is 32.1. The van der Waals surface area contributed by atoms with Crippen molar-refractivity contribution in [2.75, 3.05) is 6.54 Å². The van der Waals surface area contributed by atoms with Crippen molar-refractivity contribution in [1.82, 2.24) is 14.5 Å². The molecule has 0 bridgehead atoms. The van der Waals surface area contributed by atoms with Crippen LogP contribution in [0.1, 0.15) is 21.7 Å². The van der Waals surface area contributed by atoms with Crippen LogP contribution in [0.4, 0.5) is 0 Å². The number of aromatic nitrogens is 2. The van der Waals surface area contributed by atoms with Gasteiger partial charge in [-0.3, -0.25) is 4.79 Å². The molecule has 0 spiro atoms. The standard InChI is InChI=1S/C18H17N3OS/c1-13-3-2-4-14(9-13)16-10-19-17-11-20(6-7-21(16)17)18(22)15-5-8-23-12-15/h2-5,8-10,12H,6-7,11H2,1H3. The summed E-state index contributed by atoms with van der Waals surface area (Å²) >= 11 is 1.55. The average molecular weight is 323 g/mol. The fraction of sp³-hybridized carbons (Fsp3) is 0.222. The largest absolute Gasteiger partial charge is 0.329 e. The molecule has 2 aromatic heterocycles. The van der Waals surface area contributed by atoms with E-state index in [4.69, 9.17) is 0 Å². The molecule has 0 saturated heterocycles. The Labute approximate surface area is 139 Å². The van der Waals surface area contributed by atoms with E-state index in [0.717, 1.165) is 30.2 Å². The summed E-state index contributed by atoms with van der Waals surface area (Å²) in [5, 5.41) is 3.84. The van der Waals surface area contributed by atoms with Crippen molar-refractivity contribution in [2.45, 2.75) is 20.0 Å². The molecule has 0 unspecified atom stereocenters. The fourth-order valence-electron chi connectivity index (χ4n) is 3.04. The first-order valence-corrected chi connectivity index (χ1v) is 8.59. The molecule has 0 aliphatic carbocycles. The lowest BCUT2D eigenvalue weighted by molar-refractivity contribution is 0.0708. The maximum absolute atomic E-state index is 12.5. The minimum absolute atomic E-state index is 0.0950. The molecule has 1 aliphatic rings. The second-order valence-corrected chi connectivity index (χ2v) is 6.60. The van der Waals surface area contributed by atoms with Crippen molar-refractivity contribution in [2.24, 2.45) is 0 Å². The molecular weight excluding hydrogens is 306 g/mol. The number of hydrogen-bond acceptors (Lipinski definition) is 3. The van der Waals surface area contributed by atoms with Crippen molar-refractivity contribution in [3.63, 3.8) is 0 Å². The number of thiophene rings is 1. The summed E-state index contributed by atoms with van der Waals surface area (Å²) in [4.78, 5) is 18.9. The van der Waals surface area contributed by atoms with Crippen LogP contribution in [0.25, 0.3) is 11.3 Å². The van der Waals surface area contributed by atoms with Crippen molar-refractivity contribution in [3.8, 4) is 11.3 Å². The van der Waals surface area contributed by atoms with E-state index >= 15 is 0 Å². The van der Waals surface area contributed by atoms with E-state index in [1.165, 1.54) is 11.1 Å². The zero-order valence-electron chi connectivity index (χ0n) is 12.9. The van der Waals surface area contributed by atoms with Crippen molar-refractivity contribution < 1.29 is 4.79 Å². The maximum atomic E-state index is 12.5. The summed E-state index contributed by atoms with van der Waals surface area (Å²) in [6.45, 7) is 4.17. The summed E-state index contributed by atoms with van der Waals surface area (Å²) < 4.78 is 2.23. The minimum atomic E-state index is 0.0950. The van der Waals surface area contributed by atoms with Gasteiger partial charge in [0.2, 0.25) is 0 Å². The monoisotopic (exact) mass is 323 g/mol. The van der Waals surface area contributed by atoms with Gasteiger partial charge < -0.3 is 9.47 Å². The van der Waals surface area contributed by atoms with Gasteiger partial charge in [0.15, 0.2) is 0 Å². The van der Waals surface area contributed by atoms with E-state index in [-0.39, 0.29) is 5.91 Å². The summed E-state index contributed by atoms with van der Waals surface area (Å²) in [5.74, 6) is 1.05. The van der Waals surface area contributed by atoms with Crippen LogP contribution >= 0.6 is 11.3 Å². The molecule has 1 amide bonds. The van der Waals surface area contributed by atoms with Gasteiger partial charge in [-0.2, -0.15) is 11.3 Å². The Kier molecular flexibility index (Phi) is 3.50. The molecule has 116 valence electrons. The number of fused-ring (bicyclic) bond motifs is 1. The molecule has 3 heterocycles. The van der Waals surface area contributed by atoms with Crippen molar-refractivity contribution in [1.29, 1.82) is 0 Å². The summed E-state index contributed by atoms with van der Waals surface area (Å²) in [7, 11) is 0. The van der Waals surface area contributed by atoms with Crippen LogP contribution in [0.3, 0.4) is 0 Å². The molecule has 23 heavy (non-hydrogen) atoms. The predicted molar refractivity (Wildman–Crippen MR) is 91.5 cm³/mol. The Bertz CT molecular complexity index is 851. The number of imidazole rings is 1. The molecule has 3 aromatic rings. The normalized spacial score (nSPS) is 13.9. The van der Waals surface area contributed by atoms with Gasteiger partial charge in [0, 0.05) is 24.0 Å². The molecule has 0 fully saturated rings. The molecule has 0 saturated carbocycles. The van der Waals surface area contributed by atoms with E-state index in [2.05, 4.69) is 40.7 Å². The smallest absolute Gasteiger partial charge is 0.255 e. The van der Waals surface area contributed by atoms with Crippen LogP contribution in [0.2, 0.25) is 0 Å². The Hall–Kier alpha value is -2.40. The first-order chi connectivity index (χ1) is 11.2. The third kappa shape index (κ3) is 2.57. The minimum Gasteiger partial charge on any atom is -0.329 e. The Morgan fingerprint density at radius 2 is 2.17 bits per heavy atom. The second kappa shape index (κ2) is 5.66. The Morgan fingerprint density at radius 3 is 2.96 bits per heavy atom. The highest BCUT2D eigenvalue weighted by molar-refractivity contribution is 7.08. The fourth-order valence-corrected chi connectivity index (χ4v) is 3.67. The highest BCUT2D eigenvalue weighted by Gasteiger charge is 2.24. The highest BCUT2D eigenvalue weighted by Crippen LogP contribution is 2.25. The molecule has 0 radical (unpaired) electrons. The number of aryl methyl sites for hydroxylation is 1. The molecule has 5 heteroatoms. The summed E-state index contributed by atoms with van der Waals surface area (Å²) in [6, 6.07) is 10.3. The van der Waals surface area contributed by atoms with Gasteiger partial charge in [0.25, 0.3) is 5.91 Å². The van der Waals surface area contributed by atoms with Gasteiger partial charge in [-0.05, 0) is 24.4 Å². The van der Waals surface area contributed by atoms with Crippen LogP contribution in [-0.4, -0.2) is 26.9 Å². The zero-order chi connectivity index (χ0) is 15.8. The molecule has 1 aliphatic heterocycles. The van der Waals surface area contributed by atoms with Gasteiger partial charge in [0.05, 0.1) is 24.0 Å². The van der Waals surface area contributed by atoms with Gasteiger partial charge in [-0.15, -0.1) is 0 Å². The first kappa shape index (κ1) is 14.2. The first-order valence-electron chi connectivity index (χ1n) is 7.65. The topological polar surface area (TPSA) is 38.1 Å². The van der Waals surface area contributed by atoms with Crippen LogP contribution < -0.4 is 0 Å². The summed E-state index contributed by atoms with van der Waals surface area (Å²) in [5.41, 5.74) is 4.32. The maximum Gasteiger partial charge on any atom is 0.255 e.